The van der Waals surface area contributed by atoms with Crippen LogP contribution in [0.3, 0.4) is 0 Å². The van der Waals surface area contributed by atoms with Gasteiger partial charge in [0.15, 0.2) is 5.82 Å². The van der Waals surface area contributed by atoms with E-state index in [0.29, 0.717) is 52.9 Å². The van der Waals surface area contributed by atoms with Gasteiger partial charge in [-0.25, -0.2) is 8.78 Å². The second-order valence-corrected chi connectivity index (χ2v) is 14.6. The maximum absolute atomic E-state index is 17.6. The summed E-state index contributed by atoms with van der Waals surface area (Å²) in [5.74, 6) is 0.510. The van der Waals surface area contributed by atoms with Crippen molar-refractivity contribution in [2.24, 2.45) is 0 Å². The van der Waals surface area contributed by atoms with E-state index in [-0.39, 0.29) is 35.3 Å². The van der Waals surface area contributed by atoms with Gasteiger partial charge in [0.25, 0.3) is 0 Å². The Labute approximate surface area is 272 Å². The maximum Gasteiger partial charge on any atom is 0.319 e. The quantitative estimate of drug-likeness (QED) is 0.241. The third kappa shape index (κ3) is 4.87. The largest absolute Gasteiger partial charge is 0.508 e. The summed E-state index contributed by atoms with van der Waals surface area (Å²) in [7, 11) is 0. The summed E-state index contributed by atoms with van der Waals surface area (Å²) < 4.78 is 38.6. The molecule has 47 heavy (non-hydrogen) atoms. The number of ether oxygens (including phenoxy) is 1. The Balaban J connectivity index is 1.24. The molecule has 2 aromatic carbocycles. The van der Waals surface area contributed by atoms with Crippen LogP contribution < -0.4 is 15.0 Å². The van der Waals surface area contributed by atoms with Crippen LogP contribution in [-0.4, -0.2) is 86.8 Å². The molecule has 5 aliphatic rings. The van der Waals surface area contributed by atoms with Gasteiger partial charge >= 0.3 is 6.01 Å². The van der Waals surface area contributed by atoms with Crippen LogP contribution in [-0.2, 0) is 6.42 Å². The number of phenolic OH excluding ortho intramolecular Hbond substituents is 1. The summed E-state index contributed by atoms with van der Waals surface area (Å²) >= 11 is 0. The number of nitrogens with zero attached hydrogens (tertiary/aromatic N) is 5. The van der Waals surface area contributed by atoms with Crippen molar-refractivity contribution in [3.63, 3.8) is 0 Å². The van der Waals surface area contributed by atoms with Gasteiger partial charge in [-0.05, 0) is 97.9 Å². The molecule has 0 spiro atoms. The second kappa shape index (κ2) is 11.1. The molecule has 2 aromatic heterocycles. The lowest BCUT2D eigenvalue weighted by molar-refractivity contribution is 0.107. The van der Waals surface area contributed by atoms with Crippen LogP contribution in [0.1, 0.15) is 68.9 Å². The summed E-state index contributed by atoms with van der Waals surface area (Å²) in [6, 6.07) is 6.32. The average molecular weight is 642 g/mol. The van der Waals surface area contributed by atoms with Gasteiger partial charge in [0.05, 0.1) is 11.7 Å². The van der Waals surface area contributed by atoms with Crippen molar-refractivity contribution in [1.29, 1.82) is 0 Å². The van der Waals surface area contributed by atoms with Gasteiger partial charge in [0.2, 0.25) is 0 Å². The molecule has 6 heterocycles. The molecule has 246 valence electrons. The molecule has 4 fully saturated rings. The Morgan fingerprint density at radius 1 is 1.06 bits per heavy atom. The van der Waals surface area contributed by atoms with Crippen molar-refractivity contribution in [2.45, 2.75) is 88.0 Å². The van der Waals surface area contributed by atoms with Gasteiger partial charge in [-0.2, -0.15) is 15.1 Å². The first-order valence-corrected chi connectivity index (χ1v) is 17.3. The third-order valence-electron chi connectivity index (χ3n) is 11.5. The maximum atomic E-state index is 17.6. The number of H-pyrrole nitrogens is 1. The van der Waals surface area contributed by atoms with Crippen LogP contribution in [0.25, 0.3) is 33.2 Å². The van der Waals surface area contributed by atoms with Crippen molar-refractivity contribution in [3.05, 3.63) is 47.5 Å². The van der Waals surface area contributed by atoms with Gasteiger partial charge in [0, 0.05) is 60.8 Å². The molecule has 0 radical (unpaired) electrons. The number of piperazine rings is 1. The predicted molar refractivity (Wildman–Crippen MR) is 176 cm³/mol. The van der Waals surface area contributed by atoms with Crippen molar-refractivity contribution in [2.75, 3.05) is 37.7 Å². The first-order valence-electron chi connectivity index (χ1n) is 17.3. The van der Waals surface area contributed by atoms with Crippen LogP contribution in [0.5, 0.6) is 11.8 Å². The zero-order chi connectivity index (χ0) is 31.9. The van der Waals surface area contributed by atoms with Crippen molar-refractivity contribution in [3.8, 4) is 34.0 Å². The number of hydrogen-bond donors (Lipinski definition) is 3. The monoisotopic (exact) mass is 641 g/mol. The topological polar surface area (TPSA) is 102 Å². The number of aromatic nitrogens is 4. The number of aromatic amines is 1. The van der Waals surface area contributed by atoms with Crippen LogP contribution in [0.15, 0.2) is 30.6 Å². The molecule has 3 N–H and O–H groups in total. The molecule has 4 aliphatic heterocycles. The Morgan fingerprint density at radius 3 is 2.72 bits per heavy atom. The van der Waals surface area contributed by atoms with Crippen LogP contribution in [0.4, 0.5) is 14.6 Å². The molecular formula is C36H41F2N7O2. The third-order valence-corrected chi connectivity index (χ3v) is 11.5. The molecule has 2 bridgehead atoms. The van der Waals surface area contributed by atoms with E-state index < -0.39 is 12.0 Å². The number of nitrogens with one attached hydrogen (secondary N) is 2. The Hall–Kier alpha value is -3.83. The first-order chi connectivity index (χ1) is 22.8. The lowest BCUT2D eigenvalue weighted by Crippen LogP contribution is -2.51. The molecule has 1 unspecified atom stereocenters. The zero-order valence-electron chi connectivity index (χ0n) is 26.7. The zero-order valence-corrected chi connectivity index (χ0v) is 26.7. The highest BCUT2D eigenvalue weighted by Gasteiger charge is 2.49. The van der Waals surface area contributed by atoms with Crippen molar-refractivity contribution < 1.29 is 18.6 Å². The highest BCUT2D eigenvalue weighted by Crippen LogP contribution is 2.47. The molecule has 9 nitrogen and oxygen atoms in total. The van der Waals surface area contributed by atoms with Gasteiger partial charge in [0.1, 0.15) is 29.9 Å². The summed E-state index contributed by atoms with van der Waals surface area (Å²) in [5, 5.41) is 22.3. The number of benzene rings is 2. The van der Waals surface area contributed by atoms with E-state index in [9.17, 15) is 9.50 Å². The molecule has 0 saturated carbocycles. The minimum Gasteiger partial charge on any atom is -0.508 e. The Morgan fingerprint density at radius 2 is 1.91 bits per heavy atom. The standard InChI is InChI=1S/C36H41F2N7O2/c1-20-4-2-5-21-10-26(46)11-28(30(20)21)31-27(22-14-39-40-15-22)12-29-33(32(31)38)42-35(43-34(29)44-17-24-6-7-25(18-44)41-24)47-19-36-8-3-9-45(36)16-23(37)13-36/h10-12,14-15,20,23-25,41,46H,2-9,13,16-19H2,1H3,(H,39,40)/t20?,23-,24-,25+,36+/m1/s1. The van der Waals surface area contributed by atoms with Crippen molar-refractivity contribution in [1.82, 2.24) is 30.4 Å². The fourth-order valence-electron chi connectivity index (χ4n) is 9.44. The Kier molecular flexibility index (Phi) is 6.94. The number of aromatic hydroxyl groups is 1. The summed E-state index contributed by atoms with van der Waals surface area (Å²) in [5.41, 5.74) is 4.44. The summed E-state index contributed by atoms with van der Waals surface area (Å²) in [4.78, 5) is 14.2. The van der Waals surface area contributed by atoms with E-state index in [0.717, 1.165) is 81.3 Å². The Bertz CT molecular complexity index is 1840. The minimum absolute atomic E-state index is 0.120. The number of phenols is 1. The predicted octanol–water partition coefficient (Wildman–Crippen LogP) is 5.87. The molecule has 9 rings (SSSR count). The molecular weight excluding hydrogens is 600 g/mol. The van der Waals surface area contributed by atoms with Crippen molar-refractivity contribution >= 4 is 16.7 Å². The molecule has 1 aliphatic carbocycles. The molecule has 0 amide bonds. The van der Waals surface area contributed by atoms with E-state index in [4.69, 9.17) is 14.7 Å². The smallest absolute Gasteiger partial charge is 0.319 e. The fourth-order valence-corrected chi connectivity index (χ4v) is 9.44. The lowest BCUT2D eigenvalue weighted by atomic mass is 9.78. The molecule has 5 atom stereocenters. The van der Waals surface area contributed by atoms with E-state index in [1.807, 2.05) is 12.1 Å². The normalized spacial score (nSPS) is 28.6. The van der Waals surface area contributed by atoms with Gasteiger partial charge in [-0.3, -0.25) is 10.00 Å². The van der Waals surface area contributed by atoms with Gasteiger partial charge < -0.3 is 20.1 Å². The number of anilines is 1. The molecule has 4 saturated heterocycles. The number of halogens is 2. The van der Waals surface area contributed by atoms with Crippen LogP contribution in [0.2, 0.25) is 0 Å². The van der Waals surface area contributed by atoms with Crippen LogP contribution >= 0.6 is 0 Å². The van der Waals surface area contributed by atoms with E-state index in [2.05, 4.69) is 32.2 Å². The number of aryl methyl sites for hydroxylation is 1. The van der Waals surface area contributed by atoms with E-state index in [1.165, 1.54) is 0 Å². The van der Waals surface area contributed by atoms with E-state index >= 15 is 4.39 Å². The second-order valence-electron chi connectivity index (χ2n) is 14.6. The number of rotatable bonds is 6. The number of alkyl halides is 1. The first kappa shape index (κ1) is 29.3. The minimum atomic E-state index is -0.875. The van der Waals surface area contributed by atoms with Gasteiger partial charge in [-0.15, -0.1) is 0 Å². The average Bonchev–Trinajstić information content (AvgIpc) is 3.84. The highest BCUT2D eigenvalue weighted by molar-refractivity contribution is 6.01. The SMILES string of the molecule is CC1CCCc2cc(O)cc(-c3c(-c4cn[nH]c4)cc4c(N5C[C@H]6CC[C@@H](C5)N6)nc(OC[C@@]56CCCN5C[C@H](F)C6)nc4c3F)c21. The fraction of sp³-hybridized carbons (Fsp3) is 0.528. The number of hydrogen-bond acceptors (Lipinski definition) is 8. The number of fused-ring (bicyclic) bond motifs is 5. The van der Waals surface area contributed by atoms with Gasteiger partial charge in [-0.1, -0.05) is 6.92 Å². The lowest BCUT2D eigenvalue weighted by Gasteiger charge is -2.35. The summed E-state index contributed by atoms with van der Waals surface area (Å²) in [6.07, 6.45) is 9.95. The van der Waals surface area contributed by atoms with Crippen LogP contribution in [0, 0.1) is 5.82 Å². The summed E-state index contributed by atoms with van der Waals surface area (Å²) in [6.45, 7) is 5.24. The molecule has 11 heteroatoms. The molecule has 4 aromatic rings. The highest BCUT2D eigenvalue weighted by atomic mass is 19.1. The van der Waals surface area contributed by atoms with E-state index in [1.54, 1.807) is 18.5 Å².